The van der Waals surface area contributed by atoms with Gasteiger partial charge in [-0.25, -0.2) is 15.0 Å². The highest BCUT2D eigenvalue weighted by Crippen LogP contribution is 2.27. The van der Waals surface area contributed by atoms with Crippen LogP contribution in [0.5, 0.6) is 0 Å². The van der Waals surface area contributed by atoms with Crippen molar-refractivity contribution in [3.63, 3.8) is 0 Å². The first kappa shape index (κ1) is 11.4. The smallest absolute Gasteiger partial charge is 0.182 e. The van der Waals surface area contributed by atoms with Crippen LogP contribution in [0.3, 0.4) is 0 Å². The molecule has 3 N–H and O–H groups in total. The van der Waals surface area contributed by atoms with Crippen LogP contribution >= 0.6 is 0 Å². The number of fused-ring (bicyclic) bond motifs is 1. The summed E-state index contributed by atoms with van der Waals surface area (Å²) in [4.78, 5) is 15.5. The van der Waals surface area contributed by atoms with Crippen molar-refractivity contribution in [2.45, 2.75) is 31.7 Å². The summed E-state index contributed by atoms with van der Waals surface area (Å²) < 4.78 is 0. The second-order valence-corrected chi connectivity index (χ2v) is 4.80. The van der Waals surface area contributed by atoms with Gasteiger partial charge in [-0.05, 0) is 12.8 Å². The van der Waals surface area contributed by atoms with Gasteiger partial charge >= 0.3 is 0 Å². The molecule has 2 unspecified atom stereocenters. The Labute approximate surface area is 105 Å². The van der Waals surface area contributed by atoms with Crippen LogP contribution in [0.1, 0.15) is 25.7 Å². The molecule has 0 aliphatic heterocycles. The molecule has 0 amide bonds. The fourth-order valence-corrected chi connectivity index (χ4v) is 2.67. The van der Waals surface area contributed by atoms with E-state index in [-0.39, 0.29) is 12.6 Å². The quantitative estimate of drug-likeness (QED) is 0.761. The predicted molar refractivity (Wildman–Crippen MR) is 68.1 cm³/mol. The van der Waals surface area contributed by atoms with Crippen LogP contribution in [-0.2, 0) is 0 Å². The van der Waals surface area contributed by atoms with E-state index in [9.17, 15) is 5.11 Å². The Kier molecular flexibility index (Phi) is 3.10. The van der Waals surface area contributed by atoms with Gasteiger partial charge in [0.15, 0.2) is 11.5 Å². The van der Waals surface area contributed by atoms with Gasteiger partial charge in [0, 0.05) is 18.6 Å². The normalized spacial score (nSPS) is 24.3. The van der Waals surface area contributed by atoms with E-state index in [4.69, 9.17) is 0 Å². The summed E-state index contributed by atoms with van der Waals surface area (Å²) in [5, 5.41) is 12.8. The monoisotopic (exact) mass is 247 g/mol. The summed E-state index contributed by atoms with van der Waals surface area (Å²) in [6, 6.07) is 0.283. The van der Waals surface area contributed by atoms with Crippen LogP contribution < -0.4 is 5.32 Å². The molecule has 1 saturated carbocycles. The number of nitrogens with one attached hydrogen (secondary N) is 2. The van der Waals surface area contributed by atoms with E-state index in [2.05, 4.69) is 25.3 Å². The lowest BCUT2D eigenvalue weighted by atomic mass is 9.85. The molecular weight excluding hydrogens is 230 g/mol. The van der Waals surface area contributed by atoms with E-state index in [0.717, 1.165) is 24.2 Å². The topological polar surface area (TPSA) is 86.7 Å². The molecule has 3 rings (SSSR count). The molecule has 18 heavy (non-hydrogen) atoms. The Morgan fingerprint density at radius 2 is 2.17 bits per heavy atom. The zero-order valence-electron chi connectivity index (χ0n) is 10.1. The van der Waals surface area contributed by atoms with E-state index in [1.54, 1.807) is 6.33 Å². The van der Waals surface area contributed by atoms with Gasteiger partial charge in [-0.1, -0.05) is 12.8 Å². The van der Waals surface area contributed by atoms with E-state index >= 15 is 0 Å². The fourth-order valence-electron chi connectivity index (χ4n) is 2.67. The molecule has 2 aromatic heterocycles. The molecule has 0 bridgehead atoms. The first-order chi connectivity index (χ1) is 8.88. The van der Waals surface area contributed by atoms with Crippen molar-refractivity contribution in [2.24, 2.45) is 5.92 Å². The van der Waals surface area contributed by atoms with Crippen molar-refractivity contribution in [1.82, 2.24) is 19.9 Å². The maximum absolute atomic E-state index is 9.42. The molecule has 0 radical (unpaired) electrons. The van der Waals surface area contributed by atoms with Gasteiger partial charge in [-0.2, -0.15) is 0 Å². The Bertz CT molecular complexity index is 526. The molecule has 0 spiro atoms. The highest BCUT2D eigenvalue weighted by atomic mass is 16.3. The Morgan fingerprint density at radius 1 is 1.28 bits per heavy atom. The molecule has 1 aliphatic carbocycles. The Morgan fingerprint density at radius 3 is 3.06 bits per heavy atom. The zero-order chi connectivity index (χ0) is 12.4. The van der Waals surface area contributed by atoms with Crippen molar-refractivity contribution < 1.29 is 5.11 Å². The number of aromatic nitrogens is 4. The summed E-state index contributed by atoms with van der Waals surface area (Å²) in [7, 11) is 0. The molecule has 2 heterocycles. The van der Waals surface area contributed by atoms with Crippen molar-refractivity contribution in [1.29, 1.82) is 0 Å². The largest absolute Gasteiger partial charge is 0.396 e. The second-order valence-electron chi connectivity index (χ2n) is 4.80. The van der Waals surface area contributed by atoms with Gasteiger partial charge in [-0.3, -0.25) is 0 Å². The number of imidazole rings is 1. The van der Waals surface area contributed by atoms with Crippen LogP contribution in [0, 0.1) is 5.92 Å². The number of aromatic amines is 1. The summed E-state index contributed by atoms with van der Waals surface area (Å²) in [5.74, 6) is 1.09. The number of anilines is 1. The number of hydrogen-bond donors (Lipinski definition) is 3. The molecule has 6 heteroatoms. The molecule has 6 nitrogen and oxygen atoms in total. The van der Waals surface area contributed by atoms with E-state index in [1.165, 1.54) is 19.2 Å². The average Bonchev–Trinajstić information content (AvgIpc) is 2.89. The van der Waals surface area contributed by atoms with Gasteiger partial charge in [0.05, 0.1) is 6.33 Å². The number of nitrogens with zero attached hydrogens (tertiary/aromatic N) is 3. The van der Waals surface area contributed by atoms with Crippen molar-refractivity contribution in [3.8, 4) is 0 Å². The fraction of sp³-hybridized carbons (Fsp3) is 0.583. The predicted octanol–water partition coefficient (Wildman–Crippen LogP) is 1.32. The zero-order valence-corrected chi connectivity index (χ0v) is 10.1. The lowest BCUT2D eigenvalue weighted by molar-refractivity contribution is 0.178. The van der Waals surface area contributed by atoms with Gasteiger partial charge < -0.3 is 15.4 Å². The Balaban J connectivity index is 1.84. The van der Waals surface area contributed by atoms with Crippen molar-refractivity contribution >= 4 is 17.0 Å². The van der Waals surface area contributed by atoms with E-state index in [0.29, 0.717) is 11.6 Å². The first-order valence-corrected chi connectivity index (χ1v) is 6.40. The first-order valence-electron chi connectivity index (χ1n) is 6.40. The molecule has 1 aliphatic rings. The van der Waals surface area contributed by atoms with Crippen LogP contribution in [-0.4, -0.2) is 37.7 Å². The van der Waals surface area contributed by atoms with Crippen LogP contribution in [0.15, 0.2) is 12.7 Å². The SMILES string of the molecule is OCC1CCCCC1Nc1ncnc2nc[nH]c12. The molecule has 1 fully saturated rings. The van der Waals surface area contributed by atoms with Crippen molar-refractivity contribution in [3.05, 3.63) is 12.7 Å². The van der Waals surface area contributed by atoms with Gasteiger partial charge in [-0.15, -0.1) is 0 Å². The third-order valence-electron chi connectivity index (χ3n) is 3.69. The number of aliphatic hydroxyl groups is 1. The standard InChI is InChI=1S/C12H17N5O/c18-5-8-3-1-2-4-9(8)17-12-10-11(14-6-13-10)15-7-16-12/h6-9,18H,1-5H2,(H2,13,14,15,16,17). The average molecular weight is 247 g/mol. The molecule has 0 saturated heterocycles. The molecule has 0 aromatic carbocycles. The molecular formula is C12H17N5O. The number of hydrogen-bond acceptors (Lipinski definition) is 5. The Hall–Kier alpha value is -1.69. The van der Waals surface area contributed by atoms with Crippen LogP contribution in [0.4, 0.5) is 5.82 Å². The van der Waals surface area contributed by atoms with Crippen LogP contribution in [0.2, 0.25) is 0 Å². The van der Waals surface area contributed by atoms with Gasteiger partial charge in [0.2, 0.25) is 0 Å². The maximum atomic E-state index is 9.42. The molecule has 96 valence electrons. The maximum Gasteiger partial charge on any atom is 0.182 e. The number of H-pyrrole nitrogens is 1. The third kappa shape index (κ3) is 2.03. The number of aliphatic hydroxyl groups excluding tert-OH is 1. The van der Waals surface area contributed by atoms with E-state index < -0.39 is 0 Å². The minimum atomic E-state index is 0.231. The lowest BCUT2D eigenvalue weighted by Gasteiger charge is -2.31. The summed E-state index contributed by atoms with van der Waals surface area (Å²) >= 11 is 0. The second kappa shape index (κ2) is 4.89. The lowest BCUT2D eigenvalue weighted by Crippen LogP contribution is -2.34. The van der Waals surface area contributed by atoms with Gasteiger partial charge in [0.1, 0.15) is 11.8 Å². The minimum absolute atomic E-state index is 0.231. The summed E-state index contributed by atoms with van der Waals surface area (Å²) in [6.45, 7) is 0.231. The van der Waals surface area contributed by atoms with E-state index in [1.807, 2.05) is 0 Å². The van der Waals surface area contributed by atoms with Gasteiger partial charge in [0.25, 0.3) is 0 Å². The molecule has 2 aromatic rings. The highest BCUT2D eigenvalue weighted by molar-refractivity contribution is 5.82. The van der Waals surface area contributed by atoms with Crippen LogP contribution in [0.25, 0.3) is 11.2 Å². The highest BCUT2D eigenvalue weighted by Gasteiger charge is 2.25. The minimum Gasteiger partial charge on any atom is -0.396 e. The summed E-state index contributed by atoms with van der Waals surface area (Å²) in [6.07, 6.45) is 7.69. The molecule has 2 atom stereocenters. The summed E-state index contributed by atoms with van der Waals surface area (Å²) in [5.41, 5.74) is 1.50. The number of rotatable bonds is 3. The third-order valence-corrected chi connectivity index (χ3v) is 3.69. The van der Waals surface area contributed by atoms with Crippen molar-refractivity contribution in [2.75, 3.05) is 11.9 Å².